The van der Waals surface area contributed by atoms with Gasteiger partial charge in [0.25, 0.3) is 0 Å². The number of hydrogen-bond acceptors (Lipinski definition) is 1. The number of rotatable bonds is 1. The second-order valence-electron chi connectivity index (χ2n) is 4.59. The van der Waals surface area contributed by atoms with Crippen molar-refractivity contribution in [3.05, 3.63) is 104 Å². The fourth-order valence-electron chi connectivity index (χ4n) is 1.36. The Balaban J connectivity index is -0.000000250. The first kappa shape index (κ1) is 30.4. The Morgan fingerprint density at radius 2 is 0.885 bits per heavy atom. The SMILES string of the molecule is [C-]1=CC=CC1.[C-]1=CC=CC1.[C-]1=CC=CC1.[C-]1=CC=CC1.[CH2-]CCO.[Zr+2].[Zr+3]. The van der Waals surface area contributed by atoms with E-state index in [2.05, 4.69) is 55.5 Å². The first-order valence-corrected chi connectivity index (χ1v) is 8.18. The Morgan fingerprint density at radius 3 is 0.923 bits per heavy atom. The van der Waals surface area contributed by atoms with Crippen molar-refractivity contribution >= 4 is 0 Å². The smallest absolute Gasteiger partial charge is 0.399 e. The second kappa shape index (κ2) is 29.4. The molecule has 1 radical (unpaired) electrons. The monoisotopic (exact) mass is 499 g/mol. The number of aliphatic hydroxyl groups is 1. The molecule has 26 heavy (non-hydrogen) atoms. The molecule has 0 spiro atoms. The molecule has 0 aliphatic heterocycles. The van der Waals surface area contributed by atoms with Crippen LogP contribution in [0, 0.1) is 31.2 Å². The zero-order valence-electron chi connectivity index (χ0n) is 15.3. The van der Waals surface area contributed by atoms with E-state index in [1.54, 1.807) is 0 Å². The van der Waals surface area contributed by atoms with Gasteiger partial charge in [0.05, 0.1) is 0 Å². The van der Waals surface area contributed by atoms with Crippen molar-refractivity contribution in [3.63, 3.8) is 0 Å². The van der Waals surface area contributed by atoms with Crippen LogP contribution in [0.15, 0.2) is 72.9 Å². The largest absolute Gasteiger partial charge is 3.00 e. The van der Waals surface area contributed by atoms with Crippen LogP contribution in [0.1, 0.15) is 32.1 Å². The van der Waals surface area contributed by atoms with Crippen LogP contribution in [0.3, 0.4) is 0 Å². The minimum absolute atomic E-state index is 0. The molecule has 1 N–H and O–H groups in total. The molecule has 4 aliphatic carbocycles. The van der Waals surface area contributed by atoms with E-state index in [1.807, 2.05) is 48.6 Å². The zero-order valence-corrected chi connectivity index (χ0v) is 20.2. The number of hydrogen-bond donors (Lipinski definition) is 1. The van der Waals surface area contributed by atoms with Crippen LogP contribution < -0.4 is 0 Å². The van der Waals surface area contributed by atoms with E-state index in [0.717, 1.165) is 25.7 Å². The molecule has 0 heterocycles. The fourth-order valence-corrected chi connectivity index (χ4v) is 1.36. The molecule has 0 amide bonds. The molecule has 0 saturated heterocycles. The molecule has 0 aromatic heterocycles. The number of aliphatic hydroxyl groups excluding tert-OH is 1. The summed E-state index contributed by atoms with van der Waals surface area (Å²) in [6, 6.07) is 0. The summed E-state index contributed by atoms with van der Waals surface area (Å²) in [6.45, 7) is 3.56. The molecule has 3 heteroatoms. The molecular formula is C23H27OZr2. The predicted molar refractivity (Wildman–Crippen MR) is 103 cm³/mol. The van der Waals surface area contributed by atoms with E-state index >= 15 is 0 Å². The third kappa shape index (κ3) is 28.4. The van der Waals surface area contributed by atoms with Crippen LogP contribution in [0.4, 0.5) is 0 Å². The zero-order chi connectivity index (χ0) is 17.6. The van der Waals surface area contributed by atoms with E-state index in [1.165, 1.54) is 0 Å². The van der Waals surface area contributed by atoms with Crippen LogP contribution in [0.5, 0.6) is 0 Å². The van der Waals surface area contributed by atoms with E-state index in [9.17, 15) is 0 Å². The molecule has 1 nitrogen and oxygen atoms in total. The van der Waals surface area contributed by atoms with Gasteiger partial charge in [-0.15, -0.1) is 25.7 Å². The quantitative estimate of drug-likeness (QED) is 0.476. The second-order valence-corrected chi connectivity index (χ2v) is 4.59. The van der Waals surface area contributed by atoms with Crippen LogP contribution in [0.2, 0.25) is 0 Å². The Hall–Kier alpha value is -0.354. The Morgan fingerprint density at radius 1 is 0.654 bits per heavy atom. The van der Waals surface area contributed by atoms with E-state index in [0.29, 0.717) is 6.42 Å². The molecule has 133 valence electrons. The van der Waals surface area contributed by atoms with Crippen LogP contribution in [-0.4, -0.2) is 11.7 Å². The van der Waals surface area contributed by atoms with Gasteiger partial charge in [-0.05, 0) is 0 Å². The molecule has 0 fully saturated rings. The summed E-state index contributed by atoms with van der Waals surface area (Å²) in [5.74, 6) is 0. The summed E-state index contributed by atoms with van der Waals surface area (Å²) in [6.07, 6.45) is 40.6. The average Bonchev–Trinajstić information content (AvgIpc) is 3.47. The van der Waals surface area contributed by atoms with E-state index < -0.39 is 0 Å². The van der Waals surface area contributed by atoms with Crippen molar-refractivity contribution in [2.75, 3.05) is 6.61 Å². The van der Waals surface area contributed by atoms with Gasteiger partial charge in [0.1, 0.15) is 0 Å². The van der Waals surface area contributed by atoms with E-state index in [-0.39, 0.29) is 59.0 Å². The van der Waals surface area contributed by atoms with Gasteiger partial charge in [0, 0.05) is 6.61 Å². The average molecular weight is 502 g/mol. The summed E-state index contributed by atoms with van der Waals surface area (Å²) in [4.78, 5) is 0. The van der Waals surface area contributed by atoms with Crippen LogP contribution >= 0.6 is 0 Å². The van der Waals surface area contributed by atoms with E-state index in [4.69, 9.17) is 5.11 Å². The minimum atomic E-state index is 0. The first-order valence-electron chi connectivity index (χ1n) is 8.18. The first-order chi connectivity index (χ1) is 11.9. The molecule has 0 bridgehead atoms. The molecule has 0 atom stereocenters. The van der Waals surface area contributed by atoms with Crippen molar-refractivity contribution in [2.45, 2.75) is 32.1 Å². The van der Waals surface area contributed by atoms with Crippen molar-refractivity contribution in [3.8, 4) is 0 Å². The third-order valence-electron chi connectivity index (χ3n) is 2.50. The molecular weight excluding hydrogens is 475 g/mol. The van der Waals surface area contributed by atoms with Crippen LogP contribution in [-0.2, 0) is 52.4 Å². The molecule has 0 unspecified atom stereocenters. The van der Waals surface area contributed by atoms with Crippen molar-refractivity contribution in [1.29, 1.82) is 0 Å². The molecule has 4 aliphatic rings. The maximum atomic E-state index is 7.81. The summed E-state index contributed by atoms with van der Waals surface area (Å²) >= 11 is 0. The van der Waals surface area contributed by atoms with Gasteiger partial charge in [-0.1, -0.05) is 0 Å². The minimum Gasteiger partial charge on any atom is -0.399 e. The predicted octanol–water partition coefficient (Wildman–Crippen LogP) is 5.42. The van der Waals surface area contributed by atoms with Gasteiger partial charge in [-0.25, -0.2) is 48.6 Å². The van der Waals surface area contributed by atoms with Gasteiger partial charge in [-0.3, -0.25) is 24.3 Å². The molecule has 0 aromatic rings. The standard InChI is InChI=1S/4C5H5.C3H7O.2Zr/c4*1-2-4-5-3-1;1-2-3-4;;/h4*1-3H,4H2;4H,1-3H2;;/q5*-1;+2;+3. The Kier molecular flexibility index (Phi) is 34.4. The maximum Gasteiger partial charge on any atom is 3.00 e. The fraction of sp³-hybridized carbons (Fsp3) is 0.261. The van der Waals surface area contributed by atoms with Crippen molar-refractivity contribution < 1.29 is 57.5 Å². The Labute approximate surface area is 199 Å². The van der Waals surface area contributed by atoms with Crippen molar-refractivity contribution in [1.82, 2.24) is 0 Å². The van der Waals surface area contributed by atoms with Crippen molar-refractivity contribution in [2.24, 2.45) is 0 Å². The van der Waals surface area contributed by atoms with Gasteiger partial charge in [0.15, 0.2) is 0 Å². The molecule has 4 rings (SSSR count). The number of allylic oxidation sites excluding steroid dienone is 16. The molecule has 0 aromatic carbocycles. The van der Waals surface area contributed by atoms with Gasteiger partial charge >= 0.3 is 52.4 Å². The van der Waals surface area contributed by atoms with Gasteiger partial charge < -0.3 is 12.0 Å². The van der Waals surface area contributed by atoms with Gasteiger partial charge in [-0.2, -0.15) is 30.7 Å². The summed E-state index contributed by atoms with van der Waals surface area (Å²) in [5, 5.41) is 7.81. The Bertz CT molecular complexity index is 362. The van der Waals surface area contributed by atoms with Gasteiger partial charge in [0.2, 0.25) is 0 Å². The molecule has 0 saturated carbocycles. The summed E-state index contributed by atoms with van der Waals surface area (Å²) in [5.41, 5.74) is 0. The summed E-state index contributed by atoms with van der Waals surface area (Å²) < 4.78 is 0. The van der Waals surface area contributed by atoms with Crippen LogP contribution in [0.25, 0.3) is 0 Å². The summed E-state index contributed by atoms with van der Waals surface area (Å²) in [7, 11) is 0. The third-order valence-corrected chi connectivity index (χ3v) is 2.50. The maximum absolute atomic E-state index is 7.81. The topological polar surface area (TPSA) is 20.2 Å². The normalized spacial score (nSPS) is 14.7.